The molecule has 3 amide bonds. The molecule has 1 aromatic heterocycles. The highest BCUT2D eigenvalue weighted by Crippen LogP contribution is 2.48. The Bertz CT molecular complexity index is 1520. The van der Waals surface area contributed by atoms with Crippen molar-refractivity contribution in [2.45, 2.75) is 69.1 Å². The summed E-state index contributed by atoms with van der Waals surface area (Å²) in [5, 5.41) is 5.95. The number of anilines is 3. The van der Waals surface area contributed by atoms with Crippen molar-refractivity contribution in [1.29, 1.82) is 0 Å². The van der Waals surface area contributed by atoms with Crippen LogP contribution in [0.3, 0.4) is 0 Å². The van der Waals surface area contributed by atoms with Crippen LogP contribution in [0.4, 0.5) is 17.2 Å². The van der Waals surface area contributed by atoms with Crippen molar-refractivity contribution in [3.63, 3.8) is 0 Å². The van der Waals surface area contributed by atoms with Gasteiger partial charge in [-0.1, -0.05) is 56.5 Å². The minimum atomic E-state index is -0.632. The largest absolute Gasteiger partial charge is 0.325 e. The number of pyridine rings is 1. The molecular weight excluding hydrogens is 532 g/mol. The Morgan fingerprint density at radius 3 is 2.63 bits per heavy atom. The topological polar surface area (TPSA) is 91.4 Å². The minimum absolute atomic E-state index is 0.00209. The highest BCUT2D eigenvalue weighted by Gasteiger charge is 2.50. The lowest BCUT2D eigenvalue weighted by Gasteiger charge is -2.34. The second-order valence-corrected chi connectivity index (χ2v) is 12.2. The SMILES string of the molecule is CCCCCC1(CCS)C(=O)N(CC(=O)Nc2ccc3c(c2)CC2(CC(=O)Nc4ncccc42)C3)c2ccccc21. The fraction of sp³-hybridized carbons (Fsp3) is 0.394. The lowest BCUT2D eigenvalue weighted by molar-refractivity contribution is -0.125. The third-order valence-corrected chi connectivity index (χ3v) is 9.32. The Morgan fingerprint density at radius 2 is 1.80 bits per heavy atom. The maximum Gasteiger partial charge on any atom is 0.244 e. The van der Waals surface area contributed by atoms with Crippen molar-refractivity contribution in [3.8, 4) is 0 Å². The number of nitrogens with zero attached hydrogens (tertiary/aromatic N) is 2. The van der Waals surface area contributed by atoms with Crippen molar-refractivity contribution >= 4 is 47.5 Å². The van der Waals surface area contributed by atoms with Gasteiger partial charge in [-0.3, -0.25) is 14.4 Å². The molecule has 41 heavy (non-hydrogen) atoms. The first-order valence-corrected chi connectivity index (χ1v) is 15.2. The molecule has 2 N–H and O–H groups in total. The second kappa shape index (κ2) is 11.0. The third-order valence-electron chi connectivity index (χ3n) is 9.10. The molecule has 3 aromatic rings. The fourth-order valence-electron chi connectivity index (χ4n) is 7.23. The zero-order chi connectivity index (χ0) is 28.6. The summed E-state index contributed by atoms with van der Waals surface area (Å²) < 4.78 is 0. The molecule has 0 fully saturated rings. The van der Waals surface area contributed by atoms with Crippen molar-refractivity contribution in [3.05, 3.63) is 83.0 Å². The molecule has 8 heteroatoms. The number of para-hydroxylation sites is 1. The summed E-state index contributed by atoms with van der Waals surface area (Å²) in [6.07, 6.45) is 8.09. The number of carbonyl (C=O) groups excluding carboxylic acids is 3. The van der Waals surface area contributed by atoms with Crippen LogP contribution in [0.2, 0.25) is 0 Å². The zero-order valence-corrected chi connectivity index (χ0v) is 24.3. The first-order valence-electron chi connectivity index (χ1n) is 14.6. The summed E-state index contributed by atoms with van der Waals surface area (Å²) in [5.74, 6) is 0.993. The number of unbranched alkanes of at least 4 members (excludes halogenated alkanes) is 2. The number of nitrogens with one attached hydrogen (secondary N) is 2. The second-order valence-electron chi connectivity index (χ2n) is 11.7. The van der Waals surface area contributed by atoms with Gasteiger partial charge in [0.25, 0.3) is 0 Å². The fourth-order valence-corrected chi connectivity index (χ4v) is 7.61. The summed E-state index contributed by atoms with van der Waals surface area (Å²) in [6, 6.07) is 17.8. The highest BCUT2D eigenvalue weighted by atomic mass is 32.1. The van der Waals surface area contributed by atoms with Crippen LogP contribution in [0.15, 0.2) is 60.8 Å². The molecule has 2 aliphatic heterocycles. The van der Waals surface area contributed by atoms with E-state index in [1.54, 1.807) is 11.1 Å². The van der Waals surface area contributed by atoms with Gasteiger partial charge in [0.2, 0.25) is 17.7 Å². The summed E-state index contributed by atoms with van der Waals surface area (Å²) in [7, 11) is 0. The van der Waals surface area contributed by atoms with Crippen molar-refractivity contribution in [1.82, 2.24) is 4.98 Å². The molecule has 0 saturated carbocycles. The maximum absolute atomic E-state index is 14.0. The van der Waals surface area contributed by atoms with Gasteiger partial charge >= 0.3 is 0 Å². The first kappa shape index (κ1) is 27.5. The summed E-state index contributed by atoms with van der Waals surface area (Å²) in [4.78, 5) is 46.0. The van der Waals surface area contributed by atoms with Gasteiger partial charge in [-0.05, 0) is 72.4 Å². The van der Waals surface area contributed by atoms with E-state index in [1.165, 1.54) is 5.56 Å². The molecule has 2 unspecified atom stereocenters. The van der Waals surface area contributed by atoms with E-state index in [0.717, 1.165) is 54.5 Å². The summed E-state index contributed by atoms with van der Waals surface area (Å²) >= 11 is 4.51. The van der Waals surface area contributed by atoms with E-state index in [0.29, 0.717) is 36.5 Å². The lowest BCUT2D eigenvalue weighted by Crippen LogP contribution is -2.44. The number of aromatic nitrogens is 1. The molecule has 0 saturated heterocycles. The van der Waals surface area contributed by atoms with Gasteiger partial charge in [-0.15, -0.1) is 0 Å². The molecule has 3 aliphatic rings. The van der Waals surface area contributed by atoms with E-state index in [9.17, 15) is 14.4 Å². The molecule has 0 bridgehead atoms. The van der Waals surface area contributed by atoms with Crippen LogP contribution in [0.1, 0.15) is 67.7 Å². The first-order chi connectivity index (χ1) is 19.9. The monoisotopic (exact) mass is 568 g/mol. The van der Waals surface area contributed by atoms with Crippen LogP contribution in [0.25, 0.3) is 0 Å². The lowest BCUT2D eigenvalue weighted by atomic mass is 9.73. The van der Waals surface area contributed by atoms with Gasteiger partial charge in [0.1, 0.15) is 12.4 Å². The van der Waals surface area contributed by atoms with E-state index in [-0.39, 0.29) is 29.7 Å². The number of hydrogen-bond acceptors (Lipinski definition) is 5. The average molecular weight is 569 g/mol. The molecule has 3 heterocycles. The molecule has 2 atom stereocenters. The molecule has 212 valence electrons. The Labute approximate surface area is 246 Å². The van der Waals surface area contributed by atoms with E-state index >= 15 is 0 Å². The minimum Gasteiger partial charge on any atom is -0.325 e. The zero-order valence-electron chi connectivity index (χ0n) is 23.4. The number of thiol groups is 1. The number of benzene rings is 2. The predicted molar refractivity (Wildman–Crippen MR) is 165 cm³/mol. The normalized spacial score (nSPS) is 22.3. The number of hydrogen-bond donors (Lipinski definition) is 3. The number of rotatable bonds is 9. The molecule has 6 rings (SSSR count). The molecule has 0 radical (unpaired) electrons. The quantitative estimate of drug-likeness (QED) is 0.232. The van der Waals surface area contributed by atoms with Crippen LogP contribution < -0.4 is 15.5 Å². The summed E-state index contributed by atoms with van der Waals surface area (Å²) in [6.45, 7) is 2.12. The van der Waals surface area contributed by atoms with Crippen LogP contribution in [-0.2, 0) is 38.1 Å². The number of carbonyl (C=O) groups is 3. The van der Waals surface area contributed by atoms with Gasteiger partial charge in [0.05, 0.1) is 5.41 Å². The average Bonchev–Trinajstić information content (AvgIpc) is 3.42. The smallest absolute Gasteiger partial charge is 0.244 e. The molecule has 1 spiro atoms. The molecule has 2 aromatic carbocycles. The van der Waals surface area contributed by atoms with Crippen LogP contribution in [0, 0.1) is 0 Å². The van der Waals surface area contributed by atoms with Crippen LogP contribution >= 0.6 is 12.6 Å². The third kappa shape index (κ3) is 4.82. The summed E-state index contributed by atoms with van der Waals surface area (Å²) in [5.41, 5.74) is 4.95. The highest BCUT2D eigenvalue weighted by molar-refractivity contribution is 7.80. The molecule has 7 nitrogen and oxygen atoms in total. The Kier molecular flexibility index (Phi) is 7.36. The van der Waals surface area contributed by atoms with Gasteiger partial charge in [-0.25, -0.2) is 4.98 Å². The van der Waals surface area contributed by atoms with Gasteiger partial charge in [-0.2, -0.15) is 12.6 Å². The predicted octanol–water partition coefficient (Wildman–Crippen LogP) is 5.58. The standard InChI is InChI=1S/C33H36N4O3S/c1-2-3-6-13-33(14-16-41)25-8-4-5-10-27(25)37(31(33)40)21-29(39)35-24-12-11-22-18-32(19-23(22)17-24)20-28(38)36-30-26(32)9-7-15-34-30/h4-5,7-12,15,17,41H,2-3,6,13-14,16,18-21H2,1H3,(H,35,39)(H,34,36,38). The Hall–Kier alpha value is -3.65. The van der Waals surface area contributed by atoms with Crippen molar-refractivity contribution < 1.29 is 14.4 Å². The Balaban J connectivity index is 1.20. The van der Waals surface area contributed by atoms with E-state index in [2.05, 4.69) is 41.2 Å². The van der Waals surface area contributed by atoms with Crippen molar-refractivity contribution in [2.75, 3.05) is 27.8 Å². The molecule has 1 aliphatic carbocycles. The number of fused-ring (bicyclic) bond motifs is 4. The maximum atomic E-state index is 14.0. The van der Waals surface area contributed by atoms with Crippen LogP contribution in [-0.4, -0.2) is 35.0 Å². The van der Waals surface area contributed by atoms with Gasteiger partial charge < -0.3 is 15.5 Å². The van der Waals surface area contributed by atoms with Crippen molar-refractivity contribution in [2.24, 2.45) is 0 Å². The van der Waals surface area contributed by atoms with E-state index < -0.39 is 5.41 Å². The Morgan fingerprint density at radius 1 is 1.00 bits per heavy atom. The van der Waals surface area contributed by atoms with Gasteiger partial charge in [0, 0.05) is 35.0 Å². The van der Waals surface area contributed by atoms with Crippen LogP contribution in [0.5, 0.6) is 0 Å². The van der Waals surface area contributed by atoms with E-state index in [1.807, 2.05) is 48.5 Å². The molecular formula is C33H36N4O3S. The van der Waals surface area contributed by atoms with E-state index in [4.69, 9.17) is 0 Å². The van der Waals surface area contributed by atoms with Gasteiger partial charge in [0.15, 0.2) is 0 Å². The number of amides is 3.